The van der Waals surface area contributed by atoms with Gasteiger partial charge in [-0.1, -0.05) is 24.6 Å². The van der Waals surface area contributed by atoms with Gasteiger partial charge in [0.05, 0.1) is 12.3 Å². The fourth-order valence-electron chi connectivity index (χ4n) is 4.62. The lowest BCUT2D eigenvalue weighted by molar-refractivity contribution is 0.0352. The standard InChI is InChI=1S/C25H31N5O2/c1-18-6-5-7-19(2)30(18)17-22(31)16-29-15-21(23-8-3-4-9-24(23)29)14-27-28-25(32)20-10-12-26-13-11-20/h3-4,8-15,18-19,22,31H,5-7,16-17H2,1-2H3,(H,28,32)/b27-14-/t18-,19-,22+/m1/s1. The highest BCUT2D eigenvalue weighted by atomic mass is 16.3. The topological polar surface area (TPSA) is 82.8 Å². The SMILES string of the molecule is C[C@@H]1CCC[C@@H](C)N1C[C@@H](O)Cn1cc(/C=N\NC(=O)c2ccncc2)c2ccccc21. The van der Waals surface area contributed by atoms with Gasteiger partial charge in [-0.25, -0.2) is 5.43 Å². The van der Waals surface area contributed by atoms with E-state index >= 15 is 0 Å². The molecule has 32 heavy (non-hydrogen) atoms. The lowest BCUT2D eigenvalue weighted by atomic mass is 9.97. The number of aliphatic hydroxyl groups is 1. The van der Waals surface area contributed by atoms with Crippen LogP contribution in [0.2, 0.25) is 0 Å². The van der Waals surface area contributed by atoms with Gasteiger partial charge in [-0.3, -0.25) is 14.7 Å². The molecule has 3 aromatic rings. The number of aliphatic hydroxyl groups excluding tert-OH is 1. The molecule has 168 valence electrons. The zero-order valence-corrected chi connectivity index (χ0v) is 18.7. The molecule has 3 atom stereocenters. The molecule has 0 aliphatic carbocycles. The van der Waals surface area contributed by atoms with Crippen LogP contribution in [0.4, 0.5) is 0 Å². The van der Waals surface area contributed by atoms with Gasteiger partial charge in [0.15, 0.2) is 0 Å². The van der Waals surface area contributed by atoms with Crippen molar-refractivity contribution in [3.63, 3.8) is 0 Å². The minimum absolute atomic E-state index is 0.285. The van der Waals surface area contributed by atoms with Crippen molar-refractivity contribution in [1.29, 1.82) is 0 Å². The second-order valence-electron chi connectivity index (χ2n) is 8.67. The summed E-state index contributed by atoms with van der Waals surface area (Å²) in [6.45, 7) is 5.68. The zero-order chi connectivity index (χ0) is 22.5. The van der Waals surface area contributed by atoms with Crippen LogP contribution in [0.15, 0.2) is 60.1 Å². The zero-order valence-electron chi connectivity index (χ0n) is 18.7. The van der Waals surface area contributed by atoms with Gasteiger partial charge in [0.1, 0.15) is 0 Å². The quantitative estimate of drug-likeness (QED) is 0.442. The maximum atomic E-state index is 12.2. The number of para-hydroxylation sites is 1. The number of nitrogens with zero attached hydrogens (tertiary/aromatic N) is 4. The summed E-state index contributed by atoms with van der Waals surface area (Å²) in [6, 6.07) is 12.3. The van der Waals surface area contributed by atoms with E-state index in [1.807, 2.05) is 30.5 Å². The molecular weight excluding hydrogens is 402 g/mol. The van der Waals surface area contributed by atoms with Crippen LogP contribution < -0.4 is 5.43 Å². The predicted molar refractivity (Wildman–Crippen MR) is 127 cm³/mol. The molecule has 4 rings (SSSR count). The number of piperidine rings is 1. The maximum absolute atomic E-state index is 12.2. The van der Waals surface area contributed by atoms with Crippen LogP contribution in [0.5, 0.6) is 0 Å². The molecule has 7 nitrogen and oxygen atoms in total. The molecule has 1 saturated heterocycles. The average Bonchev–Trinajstić information content (AvgIpc) is 3.14. The van der Waals surface area contributed by atoms with Crippen molar-refractivity contribution in [2.45, 2.75) is 57.8 Å². The van der Waals surface area contributed by atoms with Gasteiger partial charge in [0.25, 0.3) is 5.91 Å². The van der Waals surface area contributed by atoms with Crippen molar-refractivity contribution >= 4 is 23.0 Å². The average molecular weight is 434 g/mol. The third-order valence-corrected chi connectivity index (χ3v) is 6.34. The number of amides is 1. The first kappa shape index (κ1) is 22.2. The highest BCUT2D eigenvalue weighted by Crippen LogP contribution is 2.24. The van der Waals surface area contributed by atoms with Crippen molar-refractivity contribution in [3.05, 3.63) is 66.1 Å². The van der Waals surface area contributed by atoms with Crippen LogP contribution >= 0.6 is 0 Å². The Morgan fingerprint density at radius 2 is 1.91 bits per heavy atom. The molecule has 1 fully saturated rings. The fraction of sp³-hybridized carbons (Fsp3) is 0.400. The third-order valence-electron chi connectivity index (χ3n) is 6.34. The molecule has 0 bridgehead atoms. The summed E-state index contributed by atoms with van der Waals surface area (Å²) in [4.78, 5) is 18.5. The number of pyridine rings is 1. The number of aromatic nitrogens is 2. The number of carbonyl (C=O) groups is 1. The Bertz CT molecular complexity index is 1070. The number of hydrazone groups is 1. The van der Waals surface area contributed by atoms with Crippen molar-refractivity contribution in [2.24, 2.45) is 5.10 Å². The molecular formula is C25H31N5O2. The number of rotatable bonds is 7. The molecule has 2 N–H and O–H groups in total. The molecule has 0 spiro atoms. The first-order valence-corrected chi connectivity index (χ1v) is 11.3. The van der Waals surface area contributed by atoms with Gasteiger partial charge in [-0.2, -0.15) is 5.10 Å². The summed E-state index contributed by atoms with van der Waals surface area (Å²) in [6.07, 6.45) is 9.96. The van der Waals surface area contributed by atoms with Gasteiger partial charge >= 0.3 is 0 Å². The molecule has 0 saturated carbocycles. The molecule has 1 aliphatic heterocycles. The van der Waals surface area contributed by atoms with E-state index in [0.29, 0.717) is 30.7 Å². The highest BCUT2D eigenvalue weighted by molar-refractivity contribution is 6.00. The molecule has 0 unspecified atom stereocenters. The number of fused-ring (bicyclic) bond motifs is 1. The van der Waals surface area contributed by atoms with E-state index in [-0.39, 0.29) is 5.91 Å². The van der Waals surface area contributed by atoms with Crippen LogP contribution in [0.3, 0.4) is 0 Å². The van der Waals surface area contributed by atoms with Gasteiger partial charge in [0.2, 0.25) is 0 Å². The van der Waals surface area contributed by atoms with Crippen LogP contribution in [0, 0.1) is 0 Å². The van der Waals surface area contributed by atoms with Crippen molar-refractivity contribution < 1.29 is 9.90 Å². The summed E-state index contributed by atoms with van der Waals surface area (Å²) in [5.74, 6) is -0.285. The van der Waals surface area contributed by atoms with Crippen molar-refractivity contribution in [2.75, 3.05) is 6.54 Å². The Balaban J connectivity index is 1.47. The number of nitrogens with one attached hydrogen (secondary N) is 1. The minimum Gasteiger partial charge on any atom is -0.390 e. The van der Waals surface area contributed by atoms with E-state index in [0.717, 1.165) is 16.5 Å². The second kappa shape index (κ2) is 10.1. The van der Waals surface area contributed by atoms with E-state index in [9.17, 15) is 9.90 Å². The number of likely N-dealkylation sites (tertiary alicyclic amines) is 1. The monoisotopic (exact) mass is 433 g/mol. The molecule has 3 heterocycles. The smallest absolute Gasteiger partial charge is 0.271 e. The lowest BCUT2D eigenvalue weighted by Gasteiger charge is -2.40. The number of benzene rings is 1. The van der Waals surface area contributed by atoms with Crippen LogP contribution in [0.25, 0.3) is 10.9 Å². The summed E-state index contributed by atoms with van der Waals surface area (Å²) < 4.78 is 2.07. The first-order chi connectivity index (χ1) is 15.5. The Labute approximate surface area is 188 Å². The third kappa shape index (κ3) is 5.06. The molecule has 2 aromatic heterocycles. The Morgan fingerprint density at radius 3 is 2.66 bits per heavy atom. The van der Waals surface area contributed by atoms with E-state index in [1.165, 1.54) is 19.3 Å². The predicted octanol–water partition coefficient (Wildman–Crippen LogP) is 3.42. The summed E-state index contributed by atoms with van der Waals surface area (Å²) in [5, 5.41) is 16.0. The Kier molecular flexibility index (Phi) is 6.97. The Morgan fingerprint density at radius 1 is 1.19 bits per heavy atom. The maximum Gasteiger partial charge on any atom is 0.271 e. The minimum atomic E-state index is -0.468. The summed E-state index contributed by atoms with van der Waals surface area (Å²) in [7, 11) is 0. The Hall–Kier alpha value is -3.03. The number of carbonyl (C=O) groups excluding carboxylic acids is 1. The molecule has 0 radical (unpaired) electrons. The summed E-state index contributed by atoms with van der Waals surface area (Å²) in [5.41, 5.74) is 4.99. The second-order valence-corrected chi connectivity index (χ2v) is 8.67. The highest BCUT2D eigenvalue weighted by Gasteiger charge is 2.26. The first-order valence-electron chi connectivity index (χ1n) is 11.3. The molecule has 1 aromatic carbocycles. The van der Waals surface area contributed by atoms with E-state index in [2.05, 4.69) is 38.8 Å². The number of hydrogen-bond donors (Lipinski definition) is 2. The number of β-amino-alcohol motifs (C(OH)–C–C–N with tert-alkyl or cyclic N) is 1. The van der Waals surface area contributed by atoms with Gasteiger partial charge in [-0.15, -0.1) is 0 Å². The normalized spacial score (nSPS) is 20.6. The lowest BCUT2D eigenvalue weighted by Crippen LogP contribution is -2.47. The van der Waals surface area contributed by atoms with E-state index in [4.69, 9.17) is 0 Å². The van der Waals surface area contributed by atoms with Gasteiger partial charge in [-0.05, 0) is 44.9 Å². The van der Waals surface area contributed by atoms with Gasteiger partial charge in [0, 0.05) is 65.8 Å². The molecule has 1 aliphatic rings. The fourth-order valence-corrected chi connectivity index (χ4v) is 4.62. The van der Waals surface area contributed by atoms with Gasteiger partial charge < -0.3 is 9.67 Å². The van der Waals surface area contributed by atoms with E-state index < -0.39 is 6.10 Å². The van der Waals surface area contributed by atoms with Crippen LogP contribution in [-0.4, -0.2) is 56.4 Å². The molecule has 7 heteroatoms. The van der Waals surface area contributed by atoms with Crippen molar-refractivity contribution in [3.8, 4) is 0 Å². The number of hydrogen-bond acceptors (Lipinski definition) is 5. The molecule has 1 amide bonds. The van der Waals surface area contributed by atoms with Crippen LogP contribution in [0.1, 0.15) is 49.0 Å². The van der Waals surface area contributed by atoms with Crippen molar-refractivity contribution in [1.82, 2.24) is 19.9 Å². The van der Waals surface area contributed by atoms with Crippen LogP contribution in [-0.2, 0) is 6.54 Å². The summed E-state index contributed by atoms with van der Waals surface area (Å²) >= 11 is 0. The van der Waals surface area contributed by atoms with E-state index in [1.54, 1.807) is 30.7 Å². The largest absolute Gasteiger partial charge is 0.390 e.